The molecule has 0 atom stereocenters. The Morgan fingerprint density at radius 2 is 1.90 bits per heavy atom. The van der Waals surface area contributed by atoms with Crippen LogP contribution in [-0.4, -0.2) is 38.9 Å². The van der Waals surface area contributed by atoms with Gasteiger partial charge in [0.2, 0.25) is 16.0 Å². The van der Waals surface area contributed by atoms with Gasteiger partial charge >= 0.3 is 0 Å². The van der Waals surface area contributed by atoms with Crippen LogP contribution in [0.1, 0.15) is 26.3 Å². The molecule has 3 aromatic rings. The fourth-order valence-corrected chi connectivity index (χ4v) is 3.32. The largest absolute Gasteiger partial charge is 0.389 e. The number of sulfonamides is 1. The molecule has 0 fully saturated rings. The highest BCUT2D eigenvalue weighted by Gasteiger charge is 2.16. The summed E-state index contributed by atoms with van der Waals surface area (Å²) in [5, 5.41) is 22.5. The summed E-state index contributed by atoms with van der Waals surface area (Å²) < 4.78 is 24.4. The van der Waals surface area contributed by atoms with Crippen LogP contribution in [0, 0.1) is 0 Å². The normalized spacial score (nSPS) is 12.2. The third-order valence-electron chi connectivity index (χ3n) is 4.14. The second-order valence-corrected chi connectivity index (χ2v) is 8.92. The molecule has 0 aliphatic carbocycles. The maximum absolute atomic E-state index is 11.4. The highest BCUT2D eigenvalue weighted by molar-refractivity contribution is 7.89. The summed E-state index contributed by atoms with van der Waals surface area (Å²) in [7, 11) is -3.74. The van der Waals surface area contributed by atoms with Crippen LogP contribution in [0.5, 0.6) is 0 Å². The van der Waals surface area contributed by atoms with Gasteiger partial charge in [0.1, 0.15) is 0 Å². The quantitative estimate of drug-likeness (QED) is 0.536. The molecule has 0 saturated carbocycles. The van der Waals surface area contributed by atoms with E-state index < -0.39 is 15.6 Å². The minimum Gasteiger partial charge on any atom is -0.389 e. The predicted molar refractivity (Wildman–Crippen MR) is 110 cm³/mol. The Kier molecular flexibility index (Phi) is 5.69. The van der Waals surface area contributed by atoms with Gasteiger partial charge < -0.3 is 10.4 Å². The molecule has 0 unspecified atom stereocenters. The molecule has 0 aliphatic heterocycles. The summed E-state index contributed by atoms with van der Waals surface area (Å²) >= 11 is 0. The van der Waals surface area contributed by atoms with E-state index in [2.05, 4.69) is 20.4 Å². The van der Waals surface area contributed by atoms with E-state index >= 15 is 0 Å². The van der Waals surface area contributed by atoms with Crippen LogP contribution in [0.2, 0.25) is 0 Å². The van der Waals surface area contributed by atoms with Crippen molar-refractivity contribution in [2.24, 2.45) is 5.14 Å². The Morgan fingerprint density at radius 3 is 2.48 bits per heavy atom. The number of nitrogens with one attached hydrogen (secondary N) is 1. The Morgan fingerprint density at radius 1 is 1.21 bits per heavy atom. The maximum atomic E-state index is 11.4. The molecule has 154 valence electrons. The molecule has 9 nitrogen and oxygen atoms in total. The molecule has 3 rings (SSSR count). The van der Waals surface area contributed by atoms with Crippen molar-refractivity contribution < 1.29 is 13.5 Å². The van der Waals surface area contributed by atoms with Crippen molar-refractivity contribution in [1.82, 2.24) is 19.7 Å². The lowest BCUT2D eigenvalue weighted by molar-refractivity contribution is 0.0577. The monoisotopic (exact) mass is 416 g/mol. The van der Waals surface area contributed by atoms with Gasteiger partial charge in [-0.3, -0.25) is 4.68 Å². The molecule has 1 aromatic carbocycles. The average molecular weight is 417 g/mol. The molecule has 29 heavy (non-hydrogen) atoms. The first-order chi connectivity index (χ1) is 13.5. The number of aliphatic hydroxyl groups is 1. The number of hydrogen-bond donors (Lipinski definition) is 3. The standard InChI is InChI=1S/C19H24N6O3S/c1-4-13-9-21-18(23-15-5-7-16(8-6-15)29(20,27)28)24-17(13)14-10-22-25(11-14)12-19(2,3)26/h5-11,26H,4,12H2,1-3H3,(H2,20,27,28)(H,21,23,24). The predicted octanol–water partition coefficient (Wildman–Crippen LogP) is 2.06. The van der Waals surface area contributed by atoms with Crippen molar-refractivity contribution >= 4 is 21.7 Å². The zero-order chi connectivity index (χ0) is 21.2. The maximum Gasteiger partial charge on any atom is 0.238 e. The minimum absolute atomic E-state index is 0.0326. The zero-order valence-electron chi connectivity index (χ0n) is 16.5. The van der Waals surface area contributed by atoms with E-state index in [1.165, 1.54) is 12.1 Å². The number of primary sulfonamides is 1. The summed E-state index contributed by atoms with van der Waals surface area (Å²) in [6.07, 6.45) is 6.04. The van der Waals surface area contributed by atoms with Gasteiger partial charge in [-0.05, 0) is 50.1 Å². The summed E-state index contributed by atoms with van der Waals surface area (Å²) in [6, 6.07) is 6.02. The number of benzene rings is 1. The van der Waals surface area contributed by atoms with Crippen LogP contribution in [0.4, 0.5) is 11.6 Å². The van der Waals surface area contributed by atoms with Gasteiger partial charge in [-0.1, -0.05) is 6.92 Å². The fourth-order valence-electron chi connectivity index (χ4n) is 2.80. The van der Waals surface area contributed by atoms with Crippen molar-refractivity contribution in [3.63, 3.8) is 0 Å². The Balaban J connectivity index is 1.87. The van der Waals surface area contributed by atoms with E-state index in [4.69, 9.17) is 5.14 Å². The molecule has 0 saturated heterocycles. The Bertz CT molecular complexity index is 1100. The molecular formula is C19H24N6O3S. The first-order valence-electron chi connectivity index (χ1n) is 9.06. The topological polar surface area (TPSA) is 136 Å². The summed E-state index contributed by atoms with van der Waals surface area (Å²) in [4.78, 5) is 8.98. The Hall–Kier alpha value is -2.82. The first-order valence-corrected chi connectivity index (χ1v) is 10.6. The van der Waals surface area contributed by atoms with Crippen molar-refractivity contribution in [3.8, 4) is 11.3 Å². The first kappa shape index (κ1) is 20.9. The molecule has 0 amide bonds. The third-order valence-corrected chi connectivity index (χ3v) is 5.07. The van der Waals surface area contributed by atoms with Gasteiger partial charge in [-0.15, -0.1) is 0 Å². The van der Waals surface area contributed by atoms with Gasteiger partial charge in [0, 0.05) is 23.6 Å². The van der Waals surface area contributed by atoms with E-state index in [1.807, 2.05) is 13.1 Å². The lowest BCUT2D eigenvalue weighted by Crippen LogP contribution is -2.26. The summed E-state index contributed by atoms with van der Waals surface area (Å²) in [6.45, 7) is 5.82. The van der Waals surface area contributed by atoms with Crippen LogP contribution in [-0.2, 0) is 23.0 Å². The van der Waals surface area contributed by atoms with Crippen molar-refractivity contribution in [2.45, 2.75) is 44.2 Å². The molecule has 2 aromatic heterocycles. The Labute approximate surface area is 169 Å². The van der Waals surface area contributed by atoms with Gasteiger partial charge in [-0.25, -0.2) is 23.5 Å². The van der Waals surface area contributed by atoms with Crippen molar-refractivity contribution in [2.75, 3.05) is 5.32 Å². The number of rotatable bonds is 7. The van der Waals surface area contributed by atoms with E-state index in [-0.39, 0.29) is 4.90 Å². The number of aryl methyl sites for hydroxylation is 1. The molecule has 4 N–H and O–H groups in total. The van der Waals surface area contributed by atoms with Crippen LogP contribution >= 0.6 is 0 Å². The number of anilines is 2. The van der Waals surface area contributed by atoms with Crippen LogP contribution < -0.4 is 10.5 Å². The van der Waals surface area contributed by atoms with Crippen molar-refractivity contribution in [3.05, 3.63) is 48.4 Å². The second-order valence-electron chi connectivity index (χ2n) is 7.35. The lowest BCUT2D eigenvalue weighted by Gasteiger charge is -2.16. The third kappa shape index (κ3) is 5.37. The van der Waals surface area contributed by atoms with Crippen LogP contribution in [0.25, 0.3) is 11.3 Å². The summed E-state index contributed by atoms with van der Waals surface area (Å²) in [5.41, 5.74) is 2.28. The number of aromatic nitrogens is 4. The molecule has 0 aliphatic rings. The molecule has 0 bridgehead atoms. The average Bonchev–Trinajstić information content (AvgIpc) is 3.08. The number of nitrogens with zero attached hydrogens (tertiary/aromatic N) is 4. The van der Waals surface area contributed by atoms with Crippen LogP contribution in [0.15, 0.2) is 47.8 Å². The van der Waals surface area contributed by atoms with Gasteiger partial charge in [-0.2, -0.15) is 5.10 Å². The zero-order valence-corrected chi connectivity index (χ0v) is 17.3. The van der Waals surface area contributed by atoms with E-state index in [1.54, 1.807) is 43.1 Å². The van der Waals surface area contributed by atoms with Gasteiger partial charge in [0.15, 0.2) is 0 Å². The molecule has 0 radical (unpaired) electrons. The highest BCUT2D eigenvalue weighted by Crippen LogP contribution is 2.24. The molecule has 0 spiro atoms. The fraction of sp³-hybridized carbons (Fsp3) is 0.316. The molecular weight excluding hydrogens is 392 g/mol. The summed E-state index contributed by atoms with van der Waals surface area (Å²) in [5.74, 6) is 0.371. The smallest absolute Gasteiger partial charge is 0.238 e. The lowest BCUT2D eigenvalue weighted by atomic mass is 10.1. The SMILES string of the molecule is CCc1cnc(Nc2ccc(S(N)(=O)=O)cc2)nc1-c1cnn(CC(C)(C)O)c1. The number of nitrogens with two attached hydrogens (primary N) is 1. The second kappa shape index (κ2) is 7.90. The highest BCUT2D eigenvalue weighted by atomic mass is 32.2. The van der Waals surface area contributed by atoms with E-state index in [0.29, 0.717) is 18.2 Å². The van der Waals surface area contributed by atoms with E-state index in [9.17, 15) is 13.5 Å². The van der Waals surface area contributed by atoms with Crippen molar-refractivity contribution in [1.29, 1.82) is 0 Å². The van der Waals surface area contributed by atoms with E-state index in [0.717, 1.165) is 23.2 Å². The minimum atomic E-state index is -3.74. The van der Waals surface area contributed by atoms with Gasteiger partial charge in [0.25, 0.3) is 0 Å². The molecule has 2 heterocycles. The molecule has 10 heteroatoms. The number of hydrogen-bond acceptors (Lipinski definition) is 7. The van der Waals surface area contributed by atoms with Crippen LogP contribution in [0.3, 0.4) is 0 Å². The van der Waals surface area contributed by atoms with Gasteiger partial charge in [0.05, 0.1) is 28.9 Å².